The third kappa shape index (κ3) is 4.57. The van der Waals surface area contributed by atoms with Crippen LogP contribution in [-0.4, -0.2) is 34.9 Å². The van der Waals surface area contributed by atoms with E-state index in [-0.39, 0.29) is 17.9 Å². The first-order valence-corrected chi connectivity index (χ1v) is 9.24. The lowest BCUT2D eigenvalue weighted by atomic mass is 9.96. The lowest BCUT2D eigenvalue weighted by Gasteiger charge is -2.31. The molecule has 3 amide bonds. The Morgan fingerprint density at radius 3 is 2.40 bits per heavy atom. The number of nitrogens with zero attached hydrogens (tertiary/aromatic N) is 2. The van der Waals surface area contributed by atoms with Gasteiger partial charge in [0.1, 0.15) is 0 Å². The van der Waals surface area contributed by atoms with Crippen molar-refractivity contribution in [1.82, 2.24) is 9.88 Å². The maximum absolute atomic E-state index is 12.4. The van der Waals surface area contributed by atoms with Gasteiger partial charge >= 0.3 is 6.03 Å². The number of likely N-dealkylation sites (tertiary alicyclic amines) is 1. The number of anilines is 2. The lowest BCUT2D eigenvalue weighted by Crippen LogP contribution is -2.43. The third-order valence-electron chi connectivity index (χ3n) is 4.29. The molecule has 0 saturated carbocycles. The van der Waals surface area contributed by atoms with Crippen molar-refractivity contribution in [3.05, 3.63) is 40.9 Å². The van der Waals surface area contributed by atoms with E-state index in [0.29, 0.717) is 31.1 Å². The summed E-state index contributed by atoms with van der Waals surface area (Å²) >= 11 is 1.41. The summed E-state index contributed by atoms with van der Waals surface area (Å²) in [4.78, 5) is 30.5. The fourth-order valence-corrected chi connectivity index (χ4v) is 3.62. The van der Waals surface area contributed by atoms with Crippen molar-refractivity contribution in [2.24, 2.45) is 5.92 Å². The molecule has 0 unspecified atom stereocenters. The molecule has 1 aliphatic heterocycles. The van der Waals surface area contributed by atoms with Crippen LogP contribution in [0, 0.1) is 19.8 Å². The van der Waals surface area contributed by atoms with Gasteiger partial charge in [-0.15, -0.1) is 11.3 Å². The van der Waals surface area contributed by atoms with Gasteiger partial charge in [-0.1, -0.05) is 6.07 Å². The maximum atomic E-state index is 12.4. The van der Waals surface area contributed by atoms with Crippen molar-refractivity contribution in [1.29, 1.82) is 0 Å². The number of carbonyl (C=O) groups excluding carboxylic acids is 2. The van der Waals surface area contributed by atoms with Gasteiger partial charge in [-0.05, 0) is 49.9 Å². The van der Waals surface area contributed by atoms with Crippen molar-refractivity contribution >= 4 is 34.1 Å². The fourth-order valence-electron chi connectivity index (χ4n) is 3.09. The molecule has 1 aliphatic rings. The molecule has 1 fully saturated rings. The van der Waals surface area contributed by atoms with E-state index in [9.17, 15) is 9.59 Å². The van der Waals surface area contributed by atoms with Crippen LogP contribution in [0.15, 0.2) is 29.8 Å². The topological polar surface area (TPSA) is 74.3 Å². The van der Waals surface area contributed by atoms with E-state index in [2.05, 4.69) is 21.7 Å². The van der Waals surface area contributed by atoms with E-state index in [4.69, 9.17) is 0 Å². The monoisotopic (exact) mass is 358 g/mol. The van der Waals surface area contributed by atoms with Crippen molar-refractivity contribution in [3.8, 4) is 0 Å². The van der Waals surface area contributed by atoms with E-state index in [1.54, 1.807) is 11.1 Å². The normalized spacial score (nSPS) is 15.0. The number of amides is 3. The van der Waals surface area contributed by atoms with Crippen LogP contribution in [0.1, 0.15) is 24.0 Å². The molecular weight excluding hydrogens is 336 g/mol. The van der Waals surface area contributed by atoms with Crippen LogP contribution in [-0.2, 0) is 4.79 Å². The average Bonchev–Trinajstić information content (AvgIpc) is 3.07. The molecule has 2 heterocycles. The van der Waals surface area contributed by atoms with Crippen molar-refractivity contribution in [3.63, 3.8) is 0 Å². The third-order valence-corrected chi connectivity index (χ3v) is 4.98. The average molecular weight is 358 g/mol. The lowest BCUT2D eigenvalue weighted by molar-refractivity contribution is -0.121. The second-order valence-electron chi connectivity index (χ2n) is 6.39. The van der Waals surface area contributed by atoms with Gasteiger partial charge in [-0.3, -0.25) is 4.79 Å². The largest absolute Gasteiger partial charge is 0.324 e. The zero-order valence-electron chi connectivity index (χ0n) is 14.4. The van der Waals surface area contributed by atoms with Crippen molar-refractivity contribution in [2.45, 2.75) is 26.7 Å². The summed E-state index contributed by atoms with van der Waals surface area (Å²) in [5, 5.41) is 8.24. The number of aryl methyl sites for hydroxylation is 2. The highest BCUT2D eigenvalue weighted by Crippen LogP contribution is 2.21. The van der Waals surface area contributed by atoms with E-state index in [1.807, 2.05) is 31.4 Å². The fraction of sp³-hybridized carbons (Fsp3) is 0.389. The van der Waals surface area contributed by atoms with Crippen LogP contribution in [0.5, 0.6) is 0 Å². The minimum absolute atomic E-state index is 0.00989. The molecule has 0 aliphatic carbocycles. The Hall–Kier alpha value is -2.41. The van der Waals surface area contributed by atoms with Gasteiger partial charge in [-0.25, -0.2) is 9.78 Å². The number of hydrogen-bond donors (Lipinski definition) is 2. The molecule has 7 heteroatoms. The number of rotatable bonds is 3. The van der Waals surface area contributed by atoms with Gasteiger partial charge < -0.3 is 15.5 Å². The highest BCUT2D eigenvalue weighted by atomic mass is 32.1. The highest BCUT2D eigenvalue weighted by molar-refractivity contribution is 7.13. The summed E-state index contributed by atoms with van der Waals surface area (Å²) in [5.74, 6) is -0.0847. The van der Waals surface area contributed by atoms with Gasteiger partial charge in [-0.2, -0.15) is 0 Å². The van der Waals surface area contributed by atoms with Crippen LogP contribution in [0.3, 0.4) is 0 Å². The van der Waals surface area contributed by atoms with Gasteiger partial charge in [0.2, 0.25) is 5.91 Å². The second kappa shape index (κ2) is 7.65. The Morgan fingerprint density at radius 1 is 1.12 bits per heavy atom. The van der Waals surface area contributed by atoms with Crippen molar-refractivity contribution in [2.75, 3.05) is 23.7 Å². The van der Waals surface area contributed by atoms with Crippen LogP contribution >= 0.6 is 11.3 Å². The first-order chi connectivity index (χ1) is 12.0. The molecule has 0 radical (unpaired) electrons. The maximum Gasteiger partial charge on any atom is 0.321 e. The Morgan fingerprint density at radius 2 is 1.80 bits per heavy atom. The Balaban J connectivity index is 1.51. The Labute approximate surface area is 151 Å². The summed E-state index contributed by atoms with van der Waals surface area (Å²) < 4.78 is 0. The smallest absolute Gasteiger partial charge is 0.321 e. The molecular formula is C18H22N4O2S. The summed E-state index contributed by atoms with van der Waals surface area (Å²) in [6, 6.07) is 5.88. The molecule has 2 aromatic rings. The van der Waals surface area contributed by atoms with Gasteiger partial charge in [0, 0.05) is 36.3 Å². The SMILES string of the molecule is Cc1cc(C)cc(NC(=O)N2CCC(C(=O)Nc3nccs3)CC2)c1. The van der Waals surface area contributed by atoms with E-state index >= 15 is 0 Å². The van der Waals surface area contributed by atoms with Gasteiger partial charge in [0.15, 0.2) is 5.13 Å². The Kier molecular flexibility index (Phi) is 5.33. The number of aromatic nitrogens is 1. The first kappa shape index (κ1) is 17.4. The molecule has 0 atom stereocenters. The van der Waals surface area contributed by atoms with Gasteiger partial charge in [0.05, 0.1) is 0 Å². The molecule has 6 nitrogen and oxygen atoms in total. The zero-order valence-corrected chi connectivity index (χ0v) is 15.2. The van der Waals surface area contributed by atoms with Crippen molar-refractivity contribution < 1.29 is 9.59 Å². The molecule has 3 rings (SSSR count). The molecule has 1 aromatic carbocycles. The number of piperidine rings is 1. The molecule has 1 aromatic heterocycles. The van der Waals surface area contributed by atoms with Gasteiger partial charge in [0.25, 0.3) is 0 Å². The molecule has 2 N–H and O–H groups in total. The highest BCUT2D eigenvalue weighted by Gasteiger charge is 2.27. The summed E-state index contributed by atoms with van der Waals surface area (Å²) in [7, 11) is 0. The molecule has 0 spiro atoms. The number of nitrogens with one attached hydrogen (secondary N) is 2. The standard InChI is InChI=1S/C18H22N4O2S/c1-12-9-13(2)11-15(10-12)20-18(24)22-6-3-14(4-7-22)16(23)21-17-19-5-8-25-17/h5,8-11,14H,3-4,6-7H2,1-2H3,(H,20,24)(H,19,21,23). The second-order valence-corrected chi connectivity index (χ2v) is 7.29. The molecule has 25 heavy (non-hydrogen) atoms. The zero-order chi connectivity index (χ0) is 17.8. The van der Waals surface area contributed by atoms with E-state index < -0.39 is 0 Å². The minimum Gasteiger partial charge on any atom is -0.324 e. The quantitative estimate of drug-likeness (QED) is 0.880. The van der Waals surface area contributed by atoms with E-state index in [1.165, 1.54) is 11.3 Å². The number of benzene rings is 1. The predicted octanol–water partition coefficient (Wildman–Crippen LogP) is 3.64. The summed E-state index contributed by atoms with van der Waals surface area (Å²) in [6.07, 6.45) is 3.00. The number of thiazole rings is 1. The summed E-state index contributed by atoms with van der Waals surface area (Å²) in [6.45, 7) is 5.17. The summed E-state index contributed by atoms with van der Waals surface area (Å²) in [5.41, 5.74) is 3.05. The predicted molar refractivity (Wildman–Crippen MR) is 100.0 cm³/mol. The molecule has 1 saturated heterocycles. The van der Waals surface area contributed by atoms with E-state index in [0.717, 1.165) is 16.8 Å². The van der Waals surface area contributed by atoms with Crippen LogP contribution in [0.4, 0.5) is 15.6 Å². The van der Waals surface area contributed by atoms with Crippen LogP contribution in [0.25, 0.3) is 0 Å². The van der Waals surface area contributed by atoms with Crippen LogP contribution < -0.4 is 10.6 Å². The number of urea groups is 1. The Bertz CT molecular complexity index is 732. The number of hydrogen-bond acceptors (Lipinski definition) is 4. The minimum atomic E-state index is -0.108. The molecule has 132 valence electrons. The number of carbonyl (C=O) groups is 2. The van der Waals surface area contributed by atoms with Crippen LogP contribution in [0.2, 0.25) is 0 Å². The molecule has 0 bridgehead atoms. The first-order valence-electron chi connectivity index (χ1n) is 8.36.